The molecule has 0 saturated heterocycles. The molecule has 1 N–H and O–H groups in total. The number of carbonyl (C=O) groups is 1. The number of aromatic nitrogens is 4. The van der Waals surface area contributed by atoms with Crippen molar-refractivity contribution in [2.75, 3.05) is 11.1 Å². The normalized spacial score (nSPS) is 10.2. The Morgan fingerprint density at radius 1 is 1.30 bits per heavy atom. The number of amides is 1. The summed E-state index contributed by atoms with van der Waals surface area (Å²) >= 11 is 1.29. The van der Waals surface area contributed by atoms with Gasteiger partial charge in [0.25, 0.3) is 0 Å². The number of hydrogen-bond donors (Lipinski definition) is 1. The van der Waals surface area contributed by atoms with E-state index in [4.69, 9.17) is 5.26 Å². The van der Waals surface area contributed by atoms with Crippen LogP contribution in [0.5, 0.6) is 0 Å². The Morgan fingerprint density at radius 3 is 2.85 bits per heavy atom. The number of anilines is 1. The fraction of sp³-hybridized carbons (Fsp3) is 0.105. The first-order valence-corrected chi connectivity index (χ1v) is 9.07. The first-order chi connectivity index (χ1) is 13.2. The summed E-state index contributed by atoms with van der Waals surface area (Å²) in [4.78, 5) is 16.2. The Morgan fingerprint density at radius 2 is 2.11 bits per heavy atom. The van der Waals surface area contributed by atoms with Crippen molar-refractivity contribution in [3.05, 3.63) is 67.0 Å². The predicted molar refractivity (Wildman–Crippen MR) is 104 cm³/mol. The molecule has 8 heteroatoms. The van der Waals surface area contributed by atoms with Crippen LogP contribution in [-0.4, -0.2) is 31.4 Å². The number of rotatable bonds is 7. The molecule has 1 aromatic carbocycles. The molecule has 0 spiro atoms. The highest BCUT2D eigenvalue weighted by Gasteiger charge is 2.15. The molecular weight excluding hydrogens is 360 g/mol. The largest absolute Gasteiger partial charge is 0.325 e. The number of nitrogens with one attached hydrogen (secondary N) is 1. The minimum Gasteiger partial charge on any atom is -0.325 e. The van der Waals surface area contributed by atoms with E-state index in [0.717, 1.165) is 5.56 Å². The van der Waals surface area contributed by atoms with E-state index in [-0.39, 0.29) is 11.7 Å². The van der Waals surface area contributed by atoms with Gasteiger partial charge in [0.05, 0.1) is 17.4 Å². The minimum atomic E-state index is -0.186. The Labute approximate surface area is 160 Å². The van der Waals surface area contributed by atoms with E-state index in [9.17, 15) is 4.79 Å². The van der Waals surface area contributed by atoms with Crippen LogP contribution in [0.25, 0.3) is 11.4 Å². The molecule has 0 aliphatic heterocycles. The van der Waals surface area contributed by atoms with Crippen LogP contribution in [0.1, 0.15) is 5.56 Å². The Kier molecular flexibility index (Phi) is 5.97. The van der Waals surface area contributed by atoms with Crippen LogP contribution >= 0.6 is 11.8 Å². The monoisotopic (exact) mass is 376 g/mol. The summed E-state index contributed by atoms with van der Waals surface area (Å²) in [6, 6.07) is 12.5. The van der Waals surface area contributed by atoms with E-state index in [1.807, 2.05) is 22.8 Å². The fourth-order valence-electron chi connectivity index (χ4n) is 2.40. The van der Waals surface area contributed by atoms with Crippen LogP contribution in [-0.2, 0) is 11.3 Å². The lowest BCUT2D eigenvalue weighted by molar-refractivity contribution is -0.113. The predicted octanol–water partition coefficient (Wildman–Crippen LogP) is 3.13. The average molecular weight is 376 g/mol. The molecule has 0 saturated carbocycles. The standard InChI is InChI=1S/C19H16N6OS/c1-2-10-25-18(15-6-8-21-9-7-15)23-24-19(25)27-13-17(26)22-16-5-3-4-14(11-16)12-20/h2-9,11H,1,10,13H2,(H,22,26). The summed E-state index contributed by atoms with van der Waals surface area (Å²) in [6.45, 7) is 4.30. The van der Waals surface area contributed by atoms with Crippen LogP contribution in [0, 0.1) is 11.3 Å². The number of allylic oxidation sites excluding steroid dienone is 1. The third kappa shape index (κ3) is 4.59. The molecule has 0 bridgehead atoms. The van der Waals surface area contributed by atoms with Crippen molar-refractivity contribution in [1.29, 1.82) is 5.26 Å². The number of carbonyl (C=O) groups excluding carboxylic acids is 1. The summed E-state index contributed by atoms with van der Waals surface area (Å²) in [6.07, 6.45) is 5.14. The van der Waals surface area contributed by atoms with Crippen molar-refractivity contribution in [1.82, 2.24) is 19.7 Å². The summed E-state index contributed by atoms with van der Waals surface area (Å²) in [5, 5.41) is 20.8. The van der Waals surface area contributed by atoms with Gasteiger partial charge in [0.1, 0.15) is 0 Å². The van der Waals surface area contributed by atoms with Crippen molar-refractivity contribution in [3.63, 3.8) is 0 Å². The van der Waals surface area contributed by atoms with Gasteiger partial charge in [-0.1, -0.05) is 23.9 Å². The Hall–Kier alpha value is -3.44. The van der Waals surface area contributed by atoms with Gasteiger partial charge < -0.3 is 5.32 Å². The Bertz CT molecular complexity index is 993. The van der Waals surface area contributed by atoms with Crippen molar-refractivity contribution < 1.29 is 4.79 Å². The van der Waals surface area contributed by atoms with E-state index in [1.54, 1.807) is 42.7 Å². The van der Waals surface area contributed by atoms with E-state index in [1.165, 1.54) is 11.8 Å². The summed E-state index contributed by atoms with van der Waals surface area (Å²) in [5.41, 5.74) is 1.97. The zero-order valence-corrected chi connectivity index (χ0v) is 15.2. The SMILES string of the molecule is C=CCn1c(SCC(=O)Nc2cccc(C#N)c2)nnc1-c1ccncc1. The summed E-state index contributed by atoms with van der Waals surface area (Å²) in [7, 11) is 0. The first-order valence-electron chi connectivity index (χ1n) is 8.08. The number of thioether (sulfide) groups is 1. The molecule has 0 atom stereocenters. The topological polar surface area (TPSA) is 96.5 Å². The molecule has 0 aliphatic rings. The lowest BCUT2D eigenvalue weighted by Gasteiger charge is -2.08. The van der Waals surface area contributed by atoms with E-state index in [2.05, 4.69) is 27.1 Å². The third-order valence-electron chi connectivity index (χ3n) is 3.57. The number of benzene rings is 1. The van der Waals surface area contributed by atoms with Gasteiger partial charge in [-0.05, 0) is 30.3 Å². The number of nitrogens with zero attached hydrogens (tertiary/aromatic N) is 5. The molecular formula is C19H16N6OS. The molecule has 1 amide bonds. The van der Waals surface area contributed by atoms with Gasteiger partial charge in [-0.15, -0.1) is 16.8 Å². The van der Waals surface area contributed by atoms with Crippen LogP contribution in [0.2, 0.25) is 0 Å². The van der Waals surface area contributed by atoms with Crippen LogP contribution < -0.4 is 5.32 Å². The van der Waals surface area contributed by atoms with E-state index >= 15 is 0 Å². The maximum atomic E-state index is 12.2. The van der Waals surface area contributed by atoms with Gasteiger partial charge in [0.15, 0.2) is 11.0 Å². The average Bonchev–Trinajstić information content (AvgIpc) is 3.10. The molecule has 0 unspecified atom stereocenters. The van der Waals surface area contributed by atoms with Gasteiger partial charge in [-0.2, -0.15) is 5.26 Å². The molecule has 3 rings (SSSR count). The molecule has 0 radical (unpaired) electrons. The quantitative estimate of drug-likeness (QED) is 0.503. The van der Waals surface area contributed by atoms with Gasteiger partial charge in [0, 0.05) is 30.2 Å². The minimum absolute atomic E-state index is 0.169. The lowest BCUT2D eigenvalue weighted by atomic mass is 10.2. The molecule has 2 aromatic heterocycles. The summed E-state index contributed by atoms with van der Waals surface area (Å²) < 4.78 is 1.90. The van der Waals surface area contributed by atoms with Crippen molar-refractivity contribution in [3.8, 4) is 17.5 Å². The Balaban J connectivity index is 1.70. The molecule has 7 nitrogen and oxygen atoms in total. The van der Waals surface area contributed by atoms with Crippen LogP contribution in [0.4, 0.5) is 5.69 Å². The van der Waals surface area contributed by atoms with Crippen LogP contribution in [0.15, 0.2) is 66.6 Å². The molecule has 0 aliphatic carbocycles. The second-order valence-corrected chi connectivity index (χ2v) is 6.41. The fourth-order valence-corrected chi connectivity index (χ4v) is 3.15. The van der Waals surface area contributed by atoms with Crippen LogP contribution in [0.3, 0.4) is 0 Å². The van der Waals surface area contributed by atoms with E-state index < -0.39 is 0 Å². The van der Waals surface area contributed by atoms with Gasteiger partial charge in [-0.25, -0.2) is 0 Å². The molecule has 134 valence electrons. The zero-order chi connectivity index (χ0) is 19.1. The molecule has 27 heavy (non-hydrogen) atoms. The summed E-state index contributed by atoms with van der Waals surface area (Å²) in [5.74, 6) is 0.679. The second kappa shape index (κ2) is 8.78. The smallest absolute Gasteiger partial charge is 0.234 e. The number of hydrogen-bond acceptors (Lipinski definition) is 6. The highest BCUT2D eigenvalue weighted by atomic mass is 32.2. The van der Waals surface area contributed by atoms with Gasteiger partial charge in [-0.3, -0.25) is 14.3 Å². The van der Waals surface area contributed by atoms with Crippen molar-refractivity contribution in [2.24, 2.45) is 0 Å². The van der Waals surface area contributed by atoms with Crippen molar-refractivity contribution >= 4 is 23.4 Å². The first kappa shape index (κ1) is 18.4. The molecule has 3 aromatic rings. The molecule has 2 heterocycles. The maximum Gasteiger partial charge on any atom is 0.234 e. The van der Waals surface area contributed by atoms with Crippen molar-refractivity contribution in [2.45, 2.75) is 11.7 Å². The second-order valence-electron chi connectivity index (χ2n) is 5.47. The zero-order valence-electron chi connectivity index (χ0n) is 14.4. The maximum absolute atomic E-state index is 12.2. The highest BCUT2D eigenvalue weighted by molar-refractivity contribution is 7.99. The lowest BCUT2D eigenvalue weighted by Crippen LogP contribution is -2.14. The third-order valence-corrected chi connectivity index (χ3v) is 4.54. The van der Waals surface area contributed by atoms with E-state index in [0.29, 0.717) is 28.8 Å². The van der Waals surface area contributed by atoms with Gasteiger partial charge >= 0.3 is 0 Å². The van der Waals surface area contributed by atoms with Gasteiger partial charge in [0.2, 0.25) is 5.91 Å². The number of pyridine rings is 1. The number of nitriles is 1. The highest BCUT2D eigenvalue weighted by Crippen LogP contribution is 2.24. The molecule has 0 fully saturated rings.